The summed E-state index contributed by atoms with van der Waals surface area (Å²) in [5, 5.41) is 3.62. The molecule has 108 valence electrons. The summed E-state index contributed by atoms with van der Waals surface area (Å²) in [5.74, 6) is 0.920. The van der Waals surface area contributed by atoms with Crippen LogP contribution in [0.3, 0.4) is 0 Å². The smallest absolute Gasteiger partial charge is 0.0589 e. The molecule has 3 unspecified atom stereocenters. The average Bonchev–Trinajstić information content (AvgIpc) is 3.20. The predicted molar refractivity (Wildman–Crippen MR) is 78.0 cm³/mol. The molecule has 0 bridgehead atoms. The van der Waals surface area contributed by atoms with Crippen LogP contribution in [0, 0.1) is 5.92 Å². The molecule has 0 aromatic heterocycles. The molecule has 3 atom stereocenters. The van der Waals surface area contributed by atoms with Gasteiger partial charge in [0.2, 0.25) is 0 Å². The van der Waals surface area contributed by atoms with E-state index in [2.05, 4.69) is 37.9 Å². The van der Waals surface area contributed by atoms with Crippen molar-refractivity contribution in [3.8, 4) is 0 Å². The van der Waals surface area contributed by atoms with E-state index in [1.807, 2.05) is 0 Å². The first-order valence-corrected chi connectivity index (χ1v) is 7.63. The lowest BCUT2D eigenvalue weighted by molar-refractivity contribution is 0.0708. The van der Waals surface area contributed by atoms with Crippen LogP contribution >= 0.6 is 0 Å². The van der Waals surface area contributed by atoms with E-state index in [9.17, 15) is 0 Å². The Morgan fingerprint density at radius 1 is 1.28 bits per heavy atom. The normalized spacial score (nSPS) is 21.0. The molecule has 1 aliphatic rings. The van der Waals surface area contributed by atoms with Gasteiger partial charge in [-0.15, -0.1) is 0 Å². The van der Waals surface area contributed by atoms with Crippen LogP contribution in [0.5, 0.6) is 0 Å². The molecule has 0 spiro atoms. The maximum absolute atomic E-state index is 5.28. The second-order valence-corrected chi connectivity index (χ2v) is 5.62. The molecule has 1 aliphatic carbocycles. The van der Waals surface area contributed by atoms with Gasteiger partial charge in [-0.1, -0.05) is 13.8 Å². The molecule has 0 heterocycles. The zero-order valence-electron chi connectivity index (χ0n) is 12.9. The van der Waals surface area contributed by atoms with E-state index < -0.39 is 0 Å². The monoisotopic (exact) mass is 256 g/mol. The van der Waals surface area contributed by atoms with Crippen molar-refractivity contribution in [3.05, 3.63) is 0 Å². The Morgan fingerprint density at radius 3 is 2.39 bits per heavy atom. The van der Waals surface area contributed by atoms with Gasteiger partial charge in [0.1, 0.15) is 0 Å². The van der Waals surface area contributed by atoms with Gasteiger partial charge in [-0.05, 0) is 45.6 Å². The molecule has 3 nitrogen and oxygen atoms in total. The van der Waals surface area contributed by atoms with Gasteiger partial charge in [0.05, 0.1) is 6.61 Å². The minimum atomic E-state index is 0.584. The standard InChI is InChI=1S/C15H32N2O/c1-6-15(16-7-2)13(4)17(10-11-18-5)12(3)14-8-9-14/h12-16H,6-11H2,1-5H3. The summed E-state index contributed by atoms with van der Waals surface area (Å²) < 4.78 is 5.28. The molecule has 3 heteroatoms. The van der Waals surface area contributed by atoms with Crippen LogP contribution in [-0.2, 0) is 4.74 Å². The second kappa shape index (κ2) is 8.13. The summed E-state index contributed by atoms with van der Waals surface area (Å²) >= 11 is 0. The van der Waals surface area contributed by atoms with Gasteiger partial charge >= 0.3 is 0 Å². The van der Waals surface area contributed by atoms with Crippen molar-refractivity contribution < 1.29 is 4.74 Å². The van der Waals surface area contributed by atoms with Gasteiger partial charge in [-0.25, -0.2) is 0 Å². The van der Waals surface area contributed by atoms with Crippen molar-refractivity contribution >= 4 is 0 Å². The van der Waals surface area contributed by atoms with E-state index in [1.54, 1.807) is 7.11 Å². The van der Waals surface area contributed by atoms with Gasteiger partial charge in [0.15, 0.2) is 0 Å². The highest BCUT2D eigenvalue weighted by atomic mass is 16.5. The second-order valence-electron chi connectivity index (χ2n) is 5.62. The SMILES string of the molecule is CCNC(CC)C(C)N(CCOC)C(C)C1CC1. The van der Waals surface area contributed by atoms with Gasteiger partial charge in [-0.3, -0.25) is 4.90 Å². The lowest BCUT2D eigenvalue weighted by atomic mass is 10.0. The highest BCUT2D eigenvalue weighted by molar-refractivity contribution is 4.90. The first kappa shape index (κ1) is 15.9. The van der Waals surface area contributed by atoms with Gasteiger partial charge in [-0.2, -0.15) is 0 Å². The minimum Gasteiger partial charge on any atom is -0.383 e. The number of rotatable bonds is 10. The molecule has 0 amide bonds. The minimum absolute atomic E-state index is 0.584. The van der Waals surface area contributed by atoms with Crippen LogP contribution < -0.4 is 5.32 Å². The molecule has 0 aliphatic heterocycles. The van der Waals surface area contributed by atoms with Crippen molar-refractivity contribution in [1.82, 2.24) is 10.2 Å². The lowest BCUT2D eigenvalue weighted by Crippen LogP contribution is -2.52. The summed E-state index contributed by atoms with van der Waals surface area (Å²) in [6.45, 7) is 12.2. The number of hydrogen-bond donors (Lipinski definition) is 1. The molecular weight excluding hydrogens is 224 g/mol. The van der Waals surface area contributed by atoms with Gasteiger partial charge in [0.25, 0.3) is 0 Å². The van der Waals surface area contributed by atoms with Crippen LogP contribution in [-0.4, -0.2) is 49.8 Å². The molecule has 1 saturated carbocycles. The summed E-state index contributed by atoms with van der Waals surface area (Å²) in [6.07, 6.45) is 4.01. The van der Waals surface area contributed by atoms with E-state index in [0.717, 1.165) is 25.6 Å². The molecular formula is C15H32N2O. The van der Waals surface area contributed by atoms with E-state index in [-0.39, 0.29) is 0 Å². The van der Waals surface area contributed by atoms with E-state index in [0.29, 0.717) is 18.1 Å². The van der Waals surface area contributed by atoms with E-state index >= 15 is 0 Å². The van der Waals surface area contributed by atoms with Gasteiger partial charge < -0.3 is 10.1 Å². The topological polar surface area (TPSA) is 24.5 Å². The van der Waals surface area contributed by atoms with Crippen LogP contribution in [0.2, 0.25) is 0 Å². The fourth-order valence-electron chi connectivity index (χ4n) is 2.97. The van der Waals surface area contributed by atoms with Crippen LogP contribution in [0.1, 0.15) is 47.0 Å². The fraction of sp³-hybridized carbons (Fsp3) is 1.00. The molecule has 0 radical (unpaired) electrons. The number of methoxy groups -OCH3 is 1. The number of hydrogen-bond acceptors (Lipinski definition) is 3. The molecule has 0 saturated heterocycles. The summed E-state index contributed by atoms with van der Waals surface area (Å²) in [7, 11) is 1.80. The Balaban J connectivity index is 2.60. The quantitative estimate of drug-likeness (QED) is 0.650. The number of ether oxygens (including phenoxy) is 1. The molecule has 1 N–H and O–H groups in total. The Bertz CT molecular complexity index is 219. The largest absolute Gasteiger partial charge is 0.383 e. The van der Waals surface area contributed by atoms with E-state index in [4.69, 9.17) is 4.74 Å². The third-order valence-corrected chi connectivity index (χ3v) is 4.39. The predicted octanol–water partition coefficient (Wildman–Crippen LogP) is 2.51. The zero-order chi connectivity index (χ0) is 13.5. The van der Waals surface area contributed by atoms with Crippen molar-refractivity contribution in [3.63, 3.8) is 0 Å². The summed E-state index contributed by atoms with van der Waals surface area (Å²) in [4.78, 5) is 2.65. The third-order valence-electron chi connectivity index (χ3n) is 4.39. The first-order chi connectivity index (χ1) is 8.65. The van der Waals surface area contributed by atoms with Gasteiger partial charge in [0, 0.05) is 31.8 Å². The Morgan fingerprint density at radius 2 is 1.94 bits per heavy atom. The Hall–Kier alpha value is -0.120. The van der Waals surface area contributed by atoms with Crippen molar-refractivity contribution in [2.75, 3.05) is 26.8 Å². The maximum Gasteiger partial charge on any atom is 0.0589 e. The Kier molecular flexibility index (Phi) is 7.20. The number of nitrogens with zero attached hydrogens (tertiary/aromatic N) is 1. The Labute approximate surface area is 113 Å². The molecule has 0 aromatic carbocycles. The van der Waals surface area contributed by atoms with Crippen LogP contribution in [0.15, 0.2) is 0 Å². The lowest BCUT2D eigenvalue weighted by Gasteiger charge is -2.39. The van der Waals surface area contributed by atoms with Crippen molar-refractivity contribution in [1.29, 1.82) is 0 Å². The molecule has 1 fully saturated rings. The average molecular weight is 256 g/mol. The van der Waals surface area contributed by atoms with Crippen molar-refractivity contribution in [2.45, 2.75) is 65.1 Å². The molecule has 18 heavy (non-hydrogen) atoms. The van der Waals surface area contributed by atoms with Crippen molar-refractivity contribution in [2.24, 2.45) is 5.92 Å². The highest BCUT2D eigenvalue weighted by Gasteiger charge is 2.35. The summed E-state index contributed by atoms with van der Waals surface area (Å²) in [6, 6.07) is 1.87. The number of nitrogens with one attached hydrogen (secondary N) is 1. The molecule has 1 rings (SSSR count). The van der Waals surface area contributed by atoms with Crippen LogP contribution in [0.25, 0.3) is 0 Å². The maximum atomic E-state index is 5.28. The fourth-order valence-corrected chi connectivity index (χ4v) is 2.97. The zero-order valence-corrected chi connectivity index (χ0v) is 12.9. The number of likely N-dealkylation sites (N-methyl/N-ethyl adjacent to an activating group) is 1. The first-order valence-electron chi connectivity index (χ1n) is 7.63. The highest BCUT2D eigenvalue weighted by Crippen LogP contribution is 2.36. The molecule has 0 aromatic rings. The summed E-state index contributed by atoms with van der Waals surface area (Å²) in [5.41, 5.74) is 0. The van der Waals surface area contributed by atoms with E-state index in [1.165, 1.54) is 19.3 Å². The van der Waals surface area contributed by atoms with Crippen LogP contribution in [0.4, 0.5) is 0 Å². The third kappa shape index (κ3) is 4.52.